The summed E-state index contributed by atoms with van der Waals surface area (Å²) in [5, 5.41) is 7.26. The van der Waals surface area contributed by atoms with Crippen molar-refractivity contribution in [3.05, 3.63) is 42.6 Å². The second kappa shape index (κ2) is 8.25. The molecule has 7 nitrogen and oxygen atoms in total. The first-order chi connectivity index (χ1) is 12.3. The molecular formula is C18H20N4O3. The Morgan fingerprint density at radius 2 is 1.84 bits per heavy atom. The molecule has 2 heterocycles. The Balaban J connectivity index is 1.67. The quantitative estimate of drug-likeness (QED) is 0.630. The lowest BCUT2D eigenvalue weighted by atomic mass is 10.2. The highest BCUT2D eigenvalue weighted by molar-refractivity contribution is 5.60. The van der Waals surface area contributed by atoms with Crippen molar-refractivity contribution in [1.82, 2.24) is 15.1 Å². The molecular weight excluding hydrogens is 320 g/mol. The first-order valence-electron chi connectivity index (χ1n) is 7.97. The van der Waals surface area contributed by atoms with Crippen LogP contribution in [0.3, 0.4) is 0 Å². The zero-order valence-corrected chi connectivity index (χ0v) is 14.2. The minimum Gasteiger partial charge on any atom is -0.497 e. The van der Waals surface area contributed by atoms with Crippen molar-refractivity contribution >= 4 is 5.82 Å². The molecule has 0 radical (unpaired) electrons. The normalized spacial score (nSPS) is 10.6. The summed E-state index contributed by atoms with van der Waals surface area (Å²) in [6.07, 6.45) is 2.64. The Morgan fingerprint density at radius 1 is 1.04 bits per heavy atom. The third-order valence-electron chi connectivity index (χ3n) is 3.62. The maximum absolute atomic E-state index is 5.35. The number of methoxy groups -OCH3 is 2. The van der Waals surface area contributed by atoms with Crippen molar-refractivity contribution in [3.63, 3.8) is 0 Å². The van der Waals surface area contributed by atoms with Gasteiger partial charge >= 0.3 is 0 Å². The second-order valence-corrected chi connectivity index (χ2v) is 5.36. The fourth-order valence-corrected chi connectivity index (χ4v) is 2.26. The molecule has 0 aliphatic heterocycles. The molecule has 0 unspecified atom stereocenters. The molecule has 0 saturated carbocycles. The highest BCUT2D eigenvalue weighted by Crippen LogP contribution is 2.24. The minimum absolute atomic E-state index is 0.434. The fraction of sp³-hybridized carbons (Fsp3) is 0.278. The first-order valence-corrected chi connectivity index (χ1v) is 7.97. The SMILES string of the molecule is COCCCNc1ccc(-c2nc(-c3ccc(OC)cc3)no2)cn1. The van der Waals surface area contributed by atoms with Crippen molar-refractivity contribution < 1.29 is 14.0 Å². The van der Waals surface area contributed by atoms with Gasteiger partial charge in [-0.05, 0) is 42.8 Å². The topological polar surface area (TPSA) is 82.3 Å². The maximum atomic E-state index is 5.35. The molecule has 0 aliphatic rings. The Kier molecular flexibility index (Phi) is 5.58. The zero-order chi connectivity index (χ0) is 17.5. The summed E-state index contributed by atoms with van der Waals surface area (Å²) >= 11 is 0. The molecule has 3 rings (SSSR count). The van der Waals surface area contributed by atoms with Crippen LogP contribution in [0.2, 0.25) is 0 Å². The summed E-state index contributed by atoms with van der Waals surface area (Å²) in [6.45, 7) is 1.53. The van der Waals surface area contributed by atoms with Crippen molar-refractivity contribution in [3.8, 4) is 28.6 Å². The molecule has 3 aromatic rings. The van der Waals surface area contributed by atoms with Crippen molar-refractivity contribution in [2.24, 2.45) is 0 Å². The molecule has 0 atom stereocenters. The van der Waals surface area contributed by atoms with Crippen molar-refractivity contribution in [1.29, 1.82) is 0 Å². The van der Waals surface area contributed by atoms with Gasteiger partial charge in [-0.25, -0.2) is 4.98 Å². The van der Waals surface area contributed by atoms with E-state index in [1.807, 2.05) is 36.4 Å². The number of pyridine rings is 1. The van der Waals surface area contributed by atoms with Crippen LogP contribution in [-0.4, -0.2) is 42.5 Å². The smallest absolute Gasteiger partial charge is 0.259 e. The molecule has 1 aromatic carbocycles. The molecule has 0 fully saturated rings. The van der Waals surface area contributed by atoms with Crippen LogP contribution < -0.4 is 10.1 Å². The van der Waals surface area contributed by atoms with E-state index in [0.29, 0.717) is 11.7 Å². The third-order valence-corrected chi connectivity index (χ3v) is 3.62. The number of nitrogens with zero attached hydrogens (tertiary/aromatic N) is 3. The predicted octanol–water partition coefficient (Wildman–Crippen LogP) is 3.26. The van der Waals surface area contributed by atoms with E-state index in [2.05, 4.69) is 20.4 Å². The summed E-state index contributed by atoms with van der Waals surface area (Å²) in [7, 11) is 3.32. The van der Waals surface area contributed by atoms with Gasteiger partial charge < -0.3 is 19.3 Å². The summed E-state index contributed by atoms with van der Waals surface area (Å²) in [4.78, 5) is 8.79. The molecule has 0 bridgehead atoms. The number of anilines is 1. The van der Waals surface area contributed by atoms with Crippen LogP contribution in [0.5, 0.6) is 5.75 Å². The lowest BCUT2D eigenvalue weighted by Crippen LogP contribution is -2.05. The number of aromatic nitrogens is 3. The number of hydrogen-bond acceptors (Lipinski definition) is 7. The molecule has 0 spiro atoms. The highest BCUT2D eigenvalue weighted by Gasteiger charge is 2.11. The van der Waals surface area contributed by atoms with Gasteiger partial charge in [0.2, 0.25) is 5.82 Å². The molecule has 1 N–H and O–H groups in total. The average Bonchev–Trinajstić information content (AvgIpc) is 3.16. The third kappa shape index (κ3) is 4.33. The van der Waals surface area contributed by atoms with Crippen molar-refractivity contribution in [2.45, 2.75) is 6.42 Å². The maximum Gasteiger partial charge on any atom is 0.259 e. The van der Waals surface area contributed by atoms with Crippen molar-refractivity contribution in [2.75, 3.05) is 32.7 Å². The van der Waals surface area contributed by atoms with Gasteiger partial charge in [-0.15, -0.1) is 0 Å². The number of benzene rings is 1. The monoisotopic (exact) mass is 340 g/mol. The van der Waals surface area contributed by atoms with E-state index < -0.39 is 0 Å². The van der Waals surface area contributed by atoms with E-state index in [0.717, 1.165) is 42.3 Å². The van der Waals surface area contributed by atoms with Crippen LogP contribution >= 0.6 is 0 Å². The molecule has 25 heavy (non-hydrogen) atoms. The molecule has 0 amide bonds. The Labute approximate surface area is 146 Å². The highest BCUT2D eigenvalue weighted by atomic mass is 16.5. The van der Waals surface area contributed by atoms with E-state index in [1.165, 1.54) is 0 Å². The Morgan fingerprint density at radius 3 is 2.52 bits per heavy atom. The molecule has 0 saturated heterocycles. The lowest BCUT2D eigenvalue weighted by Gasteiger charge is -2.04. The van der Waals surface area contributed by atoms with Gasteiger partial charge in [-0.3, -0.25) is 0 Å². The van der Waals surface area contributed by atoms with Gasteiger partial charge in [0.15, 0.2) is 0 Å². The van der Waals surface area contributed by atoms with Crippen LogP contribution in [0, 0.1) is 0 Å². The van der Waals surface area contributed by atoms with E-state index in [-0.39, 0.29) is 0 Å². The Hall–Kier alpha value is -2.93. The van der Waals surface area contributed by atoms with Crippen LogP contribution in [0.4, 0.5) is 5.82 Å². The van der Waals surface area contributed by atoms with E-state index in [1.54, 1.807) is 20.4 Å². The van der Waals surface area contributed by atoms with Gasteiger partial charge in [-0.1, -0.05) is 5.16 Å². The number of ether oxygens (including phenoxy) is 2. The number of nitrogens with one attached hydrogen (secondary N) is 1. The second-order valence-electron chi connectivity index (χ2n) is 5.36. The van der Waals surface area contributed by atoms with Crippen LogP contribution in [0.25, 0.3) is 22.8 Å². The molecule has 7 heteroatoms. The molecule has 2 aromatic heterocycles. The van der Waals surface area contributed by atoms with Gasteiger partial charge in [0.05, 0.1) is 12.7 Å². The van der Waals surface area contributed by atoms with Gasteiger partial charge in [-0.2, -0.15) is 4.98 Å². The van der Waals surface area contributed by atoms with E-state index in [4.69, 9.17) is 14.0 Å². The summed E-state index contributed by atoms with van der Waals surface area (Å²) < 4.78 is 15.5. The predicted molar refractivity (Wildman–Crippen MR) is 94.5 cm³/mol. The lowest BCUT2D eigenvalue weighted by molar-refractivity contribution is 0.198. The van der Waals surface area contributed by atoms with Gasteiger partial charge in [0.25, 0.3) is 5.89 Å². The van der Waals surface area contributed by atoms with E-state index >= 15 is 0 Å². The van der Waals surface area contributed by atoms with Gasteiger partial charge in [0.1, 0.15) is 11.6 Å². The van der Waals surface area contributed by atoms with Gasteiger partial charge in [0, 0.05) is 32.0 Å². The average molecular weight is 340 g/mol. The zero-order valence-electron chi connectivity index (χ0n) is 14.2. The fourth-order valence-electron chi connectivity index (χ4n) is 2.26. The molecule has 130 valence electrons. The summed E-state index contributed by atoms with van der Waals surface area (Å²) in [5.41, 5.74) is 1.63. The number of rotatable bonds is 8. The molecule has 0 aliphatic carbocycles. The minimum atomic E-state index is 0.434. The summed E-state index contributed by atoms with van der Waals surface area (Å²) in [5.74, 6) is 2.55. The number of hydrogen-bond donors (Lipinski definition) is 1. The van der Waals surface area contributed by atoms with E-state index in [9.17, 15) is 0 Å². The first kappa shape index (κ1) is 16.9. The standard InChI is InChI=1S/C18H20N4O3/c1-23-11-3-10-19-16-9-6-14(12-20-16)18-21-17(22-25-18)13-4-7-15(24-2)8-5-13/h4-9,12H,3,10-11H2,1-2H3,(H,19,20). The van der Waals surface area contributed by atoms with Crippen LogP contribution in [-0.2, 0) is 4.74 Å². The summed E-state index contributed by atoms with van der Waals surface area (Å²) in [6, 6.07) is 11.3. The van der Waals surface area contributed by atoms with Crippen LogP contribution in [0.1, 0.15) is 6.42 Å². The van der Waals surface area contributed by atoms with Crippen LogP contribution in [0.15, 0.2) is 47.1 Å². The Bertz CT molecular complexity index is 785. The largest absolute Gasteiger partial charge is 0.497 e.